The molecule has 25 heavy (non-hydrogen) atoms. The van der Waals surface area contributed by atoms with Crippen LogP contribution in [-0.4, -0.2) is 35.3 Å². The number of benzene rings is 2. The Labute approximate surface area is 153 Å². The van der Waals surface area contributed by atoms with E-state index >= 15 is 0 Å². The first kappa shape index (κ1) is 19.5. The van der Waals surface area contributed by atoms with E-state index in [4.69, 9.17) is 11.6 Å². The maximum atomic E-state index is 13.5. The van der Waals surface area contributed by atoms with Crippen molar-refractivity contribution in [1.29, 1.82) is 0 Å². The van der Waals surface area contributed by atoms with Gasteiger partial charge >= 0.3 is 0 Å². The molecule has 3 N–H and O–H groups in total. The molecule has 1 amide bonds. The molecule has 0 aromatic heterocycles. The van der Waals surface area contributed by atoms with Crippen molar-refractivity contribution in [3.63, 3.8) is 0 Å². The number of carbonyl (C=O) groups is 1. The highest BCUT2D eigenvalue weighted by Crippen LogP contribution is 2.21. The van der Waals surface area contributed by atoms with Crippen molar-refractivity contribution in [2.24, 2.45) is 0 Å². The molecule has 0 bridgehead atoms. The summed E-state index contributed by atoms with van der Waals surface area (Å²) in [5.41, 5.74) is 0.641. The summed E-state index contributed by atoms with van der Waals surface area (Å²) in [6, 6.07) is 10.1. The number of aliphatic hydroxyl groups excluding tert-OH is 1. The number of rotatable bonds is 8. The van der Waals surface area contributed by atoms with Gasteiger partial charge in [-0.3, -0.25) is 4.79 Å². The van der Waals surface area contributed by atoms with Crippen molar-refractivity contribution in [3.8, 4) is 0 Å². The maximum absolute atomic E-state index is 13.5. The standard InChI is InChI=1S/C17H17ClF2N2O2S/c18-8-13(23)9-21-12-2-4-14(5-3-12)25-10-17(24)22-16-7-11(19)1-6-15(16)20/h1-7,13,21,23H,8-10H2,(H,22,24). The summed E-state index contributed by atoms with van der Waals surface area (Å²) in [7, 11) is 0. The van der Waals surface area contributed by atoms with Crippen LogP contribution in [0, 0.1) is 11.6 Å². The van der Waals surface area contributed by atoms with Gasteiger partial charge in [-0.2, -0.15) is 0 Å². The van der Waals surface area contributed by atoms with Crippen LogP contribution < -0.4 is 10.6 Å². The lowest BCUT2D eigenvalue weighted by Gasteiger charge is -2.10. The Kier molecular flexibility index (Phi) is 7.49. The molecule has 1 unspecified atom stereocenters. The van der Waals surface area contributed by atoms with Crippen molar-refractivity contribution >= 4 is 40.6 Å². The maximum Gasteiger partial charge on any atom is 0.234 e. The molecule has 134 valence electrons. The van der Waals surface area contributed by atoms with E-state index in [0.29, 0.717) is 6.54 Å². The van der Waals surface area contributed by atoms with E-state index < -0.39 is 23.6 Å². The second-order valence-electron chi connectivity index (χ2n) is 5.17. The Morgan fingerprint density at radius 3 is 2.60 bits per heavy atom. The summed E-state index contributed by atoms with van der Waals surface area (Å²) >= 11 is 6.78. The van der Waals surface area contributed by atoms with E-state index in [2.05, 4.69) is 10.6 Å². The van der Waals surface area contributed by atoms with Crippen molar-refractivity contribution < 1.29 is 18.7 Å². The Balaban J connectivity index is 1.82. The van der Waals surface area contributed by atoms with Gasteiger partial charge in [0, 0.05) is 23.2 Å². The van der Waals surface area contributed by atoms with Crippen molar-refractivity contribution in [2.75, 3.05) is 28.8 Å². The minimum atomic E-state index is -0.686. The molecule has 0 fully saturated rings. The number of hydrogen-bond donors (Lipinski definition) is 3. The molecule has 1 atom stereocenters. The zero-order chi connectivity index (χ0) is 18.2. The van der Waals surface area contributed by atoms with Crippen molar-refractivity contribution in [2.45, 2.75) is 11.0 Å². The number of aliphatic hydroxyl groups is 1. The van der Waals surface area contributed by atoms with Gasteiger partial charge in [-0.15, -0.1) is 23.4 Å². The molecular weight excluding hydrogens is 370 g/mol. The zero-order valence-electron chi connectivity index (χ0n) is 13.1. The summed E-state index contributed by atoms with van der Waals surface area (Å²) in [6.07, 6.45) is -0.623. The highest BCUT2D eigenvalue weighted by Gasteiger charge is 2.09. The van der Waals surface area contributed by atoms with Crippen LogP contribution in [0.2, 0.25) is 0 Å². The fraction of sp³-hybridized carbons (Fsp3) is 0.235. The molecule has 0 aliphatic carbocycles. The Morgan fingerprint density at radius 2 is 1.92 bits per heavy atom. The van der Waals surface area contributed by atoms with Crippen LogP contribution >= 0.6 is 23.4 Å². The molecule has 0 saturated carbocycles. The van der Waals surface area contributed by atoms with Crippen LogP contribution in [0.1, 0.15) is 0 Å². The number of thioether (sulfide) groups is 1. The third-order valence-corrected chi connectivity index (χ3v) is 4.51. The smallest absolute Gasteiger partial charge is 0.234 e. The van der Waals surface area contributed by atoms with Crippen LogP contribution in [-0.2, 0) is 4.79 Å². The molecule has 0 aliphatic rings. The van der Waals surface area contributed by atoms with Crippen LogP contribution in [0.3, 0.4) is 0 Å². The highest BCUT2D eigenvalue weighted by atomic mass is 35.5. The number of amides is 1. The number of anilines is 2. The van der Waals surface area contributed by atoms with Gasteiger partial charge in [0.15, 0.2) is 0 Å². The van der Waals surface area contributed by atoms with Gasteiger partial charge in [-0.25, -0.2) is 8.78 Å². The molecule has 2 aromatic rings. The Hall–Kier alpha value is -1.83. The first-order valence-corrected chi connectivity index (χ1v) is 8.95. The van der Waals surface area contributed by atoms with Gasteiger partial charge in [-0.05, 0) is 36.4 Å². The second-order valence-corrected chi connectivity index (χ2v) is 6.53. The fourth-order valence-electron chi connectivity index (χ4n) is 1.89. The minimum absolute atomic E-state index is 0.0632. The quantitative estimate of drug-likeness (QED) is 0.478. The molecule has 0 saturated heterocycles. The fourth-order valence-corrected chi connectivity index (χ4v) is 2.70. The van der Waals surface area contributed by atoms with Crippen LogP contribution in [0.4, 0.5) is 20.2 Å². The van der Waals surface area contributed by atoms with Crippen LogP contribution in [0.5, 0.6) is 0 Å². The summed E-state index contributed by atoms with van der Waals surface area (Å²) < 4.78 is 26.5. The van der Waals surface area contributed by atoms with Gasteiger partial charge in [0.2, 0.25) is 5.91 Å². The number of halogens is 3. The lowest BCUT2D eigenvalue weighted by Crippen LogP contribution is -2.20. The predicted molar refractivity (Wildman–Crippen MR) is 97.4 cm³/mol. The average molecular weight is 387 g/mol. The predicted octanol–water partition coefficient (Wildman–Crippen LogP) is 3.71. The van der Waals surface area contributed by atoms with E-state index in [1.807, 2.05) is 24.3 Å². The molecule has 0 spiro atoms. The van der Waals surface area contributed by atoms with Gasteiger partial charge in [0.25, 0.3) is 0 Å². The van der Waals surface area contributed by atoms with E-state index in [0.717, 1.165) is 28.8 Å². The van der Waals surface area contributed by atoms with Crippen molar-refractivity contribution in [3.05, 3.63) is 54.1 Å². The molecular formula is C17H17ClF2N2O2S. The van der Waals surface area contributed by atoms with Gasteiger partial charge in [0.05, 0.1) is 23.4 Å². The van der Waals surface area contributed by atoms with Gasteiger partial charge < -0.3 is 15.7 Å². The van der Waals surface area contributed by atoms with E-state index in [9.17, 15) is 18.7 Å². The highest BCUT2D eigenvalue weighted by molar-refractivity contribution is 8.00. The first-order chi connectivity index (χ1) is 12.0. The molecule has 4 nitrogen and oxygen atoms in total. The summed E-state index contributed by atoms with van der Waals surface area (Å²) in [4.78, 5) is 12.7. The lowest BCUT2D eigenvalue weighted by molar-refractivity contribution is -0.113. The molecule has 2 aromatic carbocycles. The largest absolute Gasteiger partial charge is 0.390 e. The van der Waals surface area contributed by atoms with Gasteiger partial charge in [0.1, 0.15) is 11.6 Å². The Morgan fingerprint density at radius 1 is 1.20 bits per heavy atom. The number of carbonyl (C=O) groups excluding carboxylic acids is 1. The first-order valence-electron chi connectivity index (χ1n) is 7.43. The monoisotopic (exact) mass is 386 g/mol. The van der Waals surface area contributed by atoms with Crippen LogP contribution in [0.25, 0.3) is 0 Å². The molecule has 8 heteroatoms. The number of nitrogens with one attached hydrogen (secondary N) is 2. The summed E-state index contributed by atoms with van der Waals surface area (Å²) in [5, 5.41) is 14.8. The SMILES string of the molecule is O=C(CSc1ccc(NCC(O)CCl)cc1)Nc1cc(F)ccc1F. The molecule has 2 rings (SSSR count). The molecule has 0 heterocycles. The number of alkyl halides is 1. The molecule has 0 radical (unpaired) electrons. The van der Waals surface area contributed by atoms with Crippen LogP contribution in [0.15, 0.2) is 47.4 Å². The normalized spacial score (nSPS) is 11.8. The van der Waals surface area contributed by atoms with E-state index in [-0.39, 0.29) is 17.3 Å². The topological polar surface area (TPSA) is 61.4 Å². The second kappa shape index (κ2) is 9.60. The Bertz CT molecular complexity index is 716. The number of hydrogen-bond acceptors (Lipinski definition) is 4. The third kappa shape index (κ3) is 6.53. The minimum Gasteiger partial charge on any atom is -0.390 e. The van der Waals surface area contributed by atoms with E-state index in [1.54, 1.807) is 0 Å². The third-order valence-electron chi connectivity index (χ3n) is 3.15. The summed E-state index contributed by atoms with van der Waals surface area (Å²) in [6.45, 7) is 0.345. The van der Waals surface area contributed by atoms with E-state index in [1.165, 1.54) is 11.8 Å². The summed E-state index contributed by atoms with van der Waals surface area (Å²) in [5.74, 6) is -1.52. The van der Waals surface area contributed by atoms with Crippen molar-refractivity contribution in [1.82, 2.24) is 0 Å². The van der Waals surface area contributed by atoms with Gasteiger partial charge in [-0.1, -0.05) is 0 Å². The lowest BCUT2D eigenvalue weighted by atomic mass is 10.3. The molecule has 0 aliphatic heterocycles. The average Bonchev–Trinajstić information content (AvgIpc) is 2.61. The zero-order valence-corrected chi connectivity index (χ0v) is 14.7.